The topological polar surface area (TPSA) is 0 Å². The fraction of sp³-hybridized carbons (Fsp3) is 0.600. The summed E-state index contributed by atoms with van der Waals surface area (Å²) in [7, 11) is 0. The van der Waals surface area contributed by atoms with Gasteiger partial charge in [-0.05, 0) is 32.1 Å². The normalized spacial score (nSPS) is 27.0. The predicted molar refractivity (Wildman–Crippen MR) is 45.9 cm³/mol. The summed E-state index contributed by atoms with van der Waals surface area (Å²) in [5.41, 5.74) is 1.53. The molecule has 0 heteroatoms. The van der Waals surface area contributed by atoms with E-state index in [4.69, 9.17) is 0 Å². The minimum absolute atomic E-state index is 0.911. The van der Waals surface area contributed by atoms with E-state index in [1.807, 2.05) is 0 Å². The zero-order valence-electron chi connectivity index (χ0n) is 6.93. The predicted octanol–water partition coefficient (Wildman–Crippen LogP) is 3.31. The molecular weight excluding hydrogens is 120 g/mol. The van der Waals surface area contributed by atoms with Crippen molar-refractivity contribution in [3.63, 3.8) is 0 Å². The lowest BCUT2D eigenvalue weighted by molar-refractivity contribution is 0.518. The highest BCUT2D eigenvalue weighted by atomic mass is 14.1. The molecule has 0 saturated heterocycles. The SMILES string of the molecule is C/C=C/C1=CCC(C)CC1. The van der Waals surface area contributed by atoms with Gasteiger partial charge in [0.1, 0.15) is 0 Å². The van der Waals surface area contributed by atoms with Crippen LogP contribution in [0.1, 0.15) is 33.1 Å². The molecule has 1 aliphatic rings. The Morgan fingerprint density at radius 1 is 1.60 bits per heavy atom. The summed E-state index contributed by atoms with van der Waals surface area (Å²) in [5.74, 6) is 0.911. The molecule has 0 nitrogen and oxygen atoms in total. The molecule has 0 aromatic rings. The third kappa shape index (κ3) is 2.02. The van der Waals surface area contributed by atoms with E-state index in [1.54, 1.807) is 0 Å². The van der Waals surface area contributed by atoms with Crippen LogP contribution in [0.2, 0.25) is 0 Å². The van der Waals surface area contributed by atoms with Crippen LogP contribution in [-0.4, -0.2) is 0 Å². The smallest absolute Gasteiger partial charge is 0.0280 e. The highest BCUT2D eigenvalue weighted by Gasteiger charge is 2.06. The Morgan fingerprint density at radius 2 is 2.40 bits per heavy atom. The summed E-state index contributed by atoms with van der Waals surface area (Å²) >= 11 is 0. The molecule has 0 aromatic carbocycles. The van der Waals surface area contributed by atoms with E-state index < -0.39 is 0 Å². The van der Waals surface area contributed by atoms with Crippen LogP contribution in [-0.2, 0) is 0 Å². The van der Waals surface area contributed by atoms with Crippen LogP contribution < -0.4 is 0 Å². The van der Waals surface area contributed by atoms with E-state index in [9.17, 15) is 0 Å². The van der Waals surface area contributed by atoms with Gasteiger partial charge in [-0.25, -0.2) is 0 Å². The van der Waals surface area contributed by atoms with Crippen LogP contribution in [0.4, 0.5) is 0 Å². The zero-order chi connectivity index (χ0) is 7.40. The molecule has 0 bridgehead atoms. The van der Waals surface area contributed by atoms with Gasteiger partial charge in [0.2, 0.25) is 0 Å². The Balaban J connectivity index is 2.48. The first-order valence-electron chi connectivity index (χ1n) is 4.14. The summed E-state index contributed by atoms with van der Waals surface area (Å²) in [6.45, 7) is 4.40. The molecule has 1 rings (SSSR count). The lowest BCUT2D eigenvalue weighted by atomic mass is 9.91. The van der Waals surface area contributed by atoms with Crippen LogP contribution >= 0.6 is 0 Å². The highest BCUT2D eigenvalue weighted by molar-refractivity contribution is 5.19. The monoisotopic (exact) mass is 136 g/mol. The summed E-state index contributed by atoms with van der Waals surface area (Å²) < 4.78 is 0. The average molecular weight is 136 g/mol. The lowest BCUT2D eigenvalue weighted by Gasteiger charge is -2.15. The first-order chi connectivity index (χ1) is 4.83. The molecule has 56 valence electrons. The van der Waals surface area contributed by atoms with Gasteiger partial charge in [0.05, 0.1) is 0 Å². The van der Waals surface area contributed by atoms with Gasteiger partial charge in [0.15, 0.2) is 0 Å². The first-order valence-corrected chi connectivity index (χ1v) is 4.14. The molecule has 0 radical (unpaired) electrons. The molecular formula is C10H16. The second-order valence-corrected chi connectivity index (χ2v) is 3.16. The minimum Gasteiger partial charge on any atom is -0.0874 e. The largest absolute Gasteiger partial charge is 0.0874 e. The highest BCUT2D eigenvalue weighted by Crippen LogP contribution is 2.23. The standard InChI is InChI=1S/C10H16/c1-3-4-10-7-5-9(2)6-8-10/h3-4,7,9H,5-6,8H2,1-2H3/b4-3+. The van der Waals surface area contributed by atoms with Crippen molar-refractivity contribution in [1.82, 2.24) is 0 Å². The summed E-state index contributed by atoms with van der Waals surface area (Å²) in [6.07, 6.45) is 10.7. The fourth-order valence-corrected chi connectivity index (χ4v) is 1.35. The van der Waals surface area contributed by atoms with Crippen molar-refractivity contribution in [2.45, 2.75) is 33.1 Å². The molecule has 0 aromatic heterocycles. The number of allylic oxidation sites excluding steroid dienone is 4. The number of rotatable bonds is 1. The van der Waals surface area contributed by atoms with E-state index in [2.05, 4.69) is 32.1 Å². The maximum Gasteiger partial charge on any atom is -0.0280 e. The van der Waals surface area contributed by atoms with E-state index in [0.29, 0.717) is 0 Å². The quantitative estimate of drug-likeness (QED) is 0.518. The van der Waals surface area contributed by atoms with Crippen molar-refractivity contribution in [3.05, 3.63) is 23.8 Å². The van der Waals surface area contributed by atoms with E-state index in [0.717, 1.165) is 5.92 Å². The Labute approximate surface area is 63.6 Å². The van der Waals surface area contributed by atoms with Crippen molar-refractivity contribution in [2.75, 3.05) is 0 Å². The molecule has 0 heterocycles. The first kappa shape index (κ1) is 7.59. The number of hydrogen-bond acceptors (Lipinski definition) is 0. The van der Waals surface area contributed by atoms with Crippen molar-refractivity contribution in [1.29, 1.82) is 0 Å². The third-order valence-corrected chi connectivity index (χ3v) is 2.09. The van der Waals surface area contributed by atoms with Gasteiger partial charge < -0.3 is 0 Å². The van der Waals surface area contributed by atoms with Crippen LogP contribution in [0.5, 0.6) is 0 Å². The van der Waals surface area contributed by atoms with E-state index in [-0.39, 0.29) is 0 Å². The Hall–Kier alpha value is -0.520. The molecule has 0 aliphatic heterocycles. The third-order valence-electron chi connectivity index (χ3n) is 2.09. The second-order valence-electron chi connectivity index (χ2n) is 3.16. The van der Waals surface area contributed by atoms with Gasteiger partial charge in [-0.2, -0.15) is 0 Å². The molecule has 0 N–H and O–H groups in total. The summed E-state index contributed by atoms with van der Waals surface area (Å²) in [5, 5.41) is 0. The molecule has 0 spiro atoms. The van der Waals surface area contributed by atoms with Crippen LogP contribution in [0.3, 0.4) is 0 Å². The lowest BCUT2D eigenvalue weighted by Crippen LogP contribution is -1.99. The molecule has 1 aliphatic carbocycles. The maximum atomic E-state index is 2.37. The van der Waals surface area contributed by atoms with Gasteiger partial charge >= 0.3 is 0 Å². The van der Waals surface area contributed by atoms with Gasteiger partial charge in [0.25, 0.3) is 0 Å². The fourth-order valence-electron chi connectivity index (χ4n) is 1.35. The molecule has 1 unspecified atom stereocenters. The maximum absolute atomic E-state index is 2.37. The summed E-state index contributed by atoms with van der Waals surface area (Å²) in [6, 6.07) is 0. The minimum atomic E-state index is 0.911. The van der Waals surface area contributed by atoms with E-state index in [1.165, 1.54) is 24.8 Å². The van der Waals surface area contributed by atoms with Crippen molar-refractivity contribution in [2.24, 2.45) is 5.92 Å². The Kier molecular flexibility index (Phi) is 2.73. The van der Waals surface area contributed by atoms with Gasteiger partial charge in [0, 0.05) is 0 Å². The van der Waals surface area contributed by atoms with Crippen LogP contribution in [0.25, 0.3) is 0 Å². The van der Waals surface area contributed by atoms with Gasteiger partial charge in [-0.1, -0.05) is 30.7 Å². The molecule has 0 saturated carbocycles. The van der Waals surface area contributed by atoms with Gasteiger partial charge in [-0.15, -0.1) is 0 Å². The van der Waals surface area contributed by atoms with Gasteiger partial charge in [-0.3, -0.25) is 0 Å². The van der Waals surface area contributed by atoms with Crippen molar-refractivity contribution < 1.29 is 0 Å². The average Bonchev–Trinajstić information content (AvgIpc) is 1.95. The number of hydrogen-bond donors (Lipinski definition) is 0. The van der Waals surface area contributed by atoms with Crippen molar-refractivity contribution >= 4 is 0 Å². The van der Waals surface area contributed by atoms with E-state index >= 15 is 0 Å². The van der Waals surface area contributed by atoms with Crippen LogP contribution in [0, 0.1) is 5.92 Å². The molecule has 0 fully saturated rings. The molecule has 1 atom stereocenters. The zero-order valence-corrected chi connectivity index (χ0v) is 6.93. The molecule has 10 heavy (non-hydrogen) atoms. The second kappa shape index (κ2) is 3.60. The Morgan fingerprint density at radius 3 is 2.90 bits per heavy atom. The molecule has 0 amide bonds. The Bertz CT molecular complexity index is 151. The van der Waals surface area contributed by atoms with Crippen molar-refractivity contribution in [3.8, 4) is 0 Å². The van der Waals surface area contributed by atoms with Crippen LogP contribution in [0.15, 0.2) is 23.8 Å². The summed E-state index contributed by atoms with van der Waals surface area (Å²) in [4.78, 5) is 0.